The average molecular weight is 255 g/mol. The molecule has 2 aliphatic rings. The van der Waals surface area contributed by atoms with Gasteiger partial charge >= 0.3 is 0 Å². The Kier molecular flexibility index (Phi) is 4.34. The van der Waals surface area contributed by atoms with Crippen LogP contribution in [0, 0.1) is 5.92 Å². The fraction of sp³-hybridized carbons (Fsp3) is 0.714. The SMILES string of the molecule is CNS1(CC(C)O)C=CC(C2CCCCC2)=C1. The summed E-state index contributed by atoms with van der Waals surface area (Å²) in [6.45, 7) is 1.88. The number of aliphatic hydroxyl groups excluding tert-OH is 1. The van der Waals surface area contributed by atoms with Gasteiger partial charge in [-0.2, -0.15) is 0 Å². The van der Waals surface area contributed by atoms with E-state index < -0.39 is 10.2 Å². The maximum absolute atomic E-state index is 9.62. The van der Waals surface area contributed by atoms with Gasteiger partial charge in [0.25, 0.3) is 0 Å². The summed E-state index contributed by atoms with van der Waals surface area (Å²) >= 11 is 0. The smallest absolute Gasteiger partial charge is 0.0605 e. The first-order valence-corrected chi connectivity index (χ1v) is 8.65. The molecule has 2 nitrogen and oxygen atoms in total. The van der Waals surface area contributed by atoms with E-state index in [0.29, 0.717) is 0 Å². The van der Waals surface area contributed by atoms with Gasteiger partial charge < -0.3 is 5.11 Å². The molecule has 2 rings (SSSR count). The van der Waals surface area contributed by atoms with Crippen molar-refractivity contribution in [3.05, 3.63) is 22.5 Å². The lowest BCUT2D eigenvalue weighted by molar-refractivity contribution is 0.219. The molecule has 98 valence electrons. The van der Waals surface area contributed by atoms with Crippen molar-refractivity contribution in [1.82, 2.24) is 4.72 Å². The minimum atomic E-state index is -1.04. The predicted octanol–water partition coefficient (Wildman–Crippen LogP) is 3.30. The Labute approximate surface area is 107 Å². The Morgan fingerprint density at radius 1 is 1.41 bits per heavy atom. The molecule has 0 aromatic heterocycles. The monoisotopic (exact) mass is 255 g/mol. The van der Waals surface area contributed by atoms with Gasteiger partial charge in [-0.05, 0) is 49.1 Å². The lowest BCUT2D eigenvalue weighted by atomic mass is 9.84. The third-order valence-corrected chi connectivity index (χ3v) is 6.93. The van der Waals surface area contributed by atoms with E-state index in [-0.39, 0.29) is 6.10 Å². The van der Waals surface area contributed by atoms with Gasteiger partial charge in [-0.3, -0.25) is 4.72 Å². The first-order valence-electron chi connectivity index (χ1n) is 6.72. The van der Waals surface area contributed by atoms with Crippen LogP contribution in [0.15, 0.2) is 22.5 Å². The molecule has 1 aliphatic heterocycles. The molecule has 0 amide bonds. The summed E-state index contributed by atoms with van der Waals surface area (Å²) in [6.07, 6.45) is 8.95. The predicted molar refractivity (Wildman–Crippen MR) is 77.0 cm³/mol. The van der Waals surface area contributed by atoms with Crippen molar-refractivity contribution in [1.29, 1.82) is 0 Å². The van der Waals surface area contributed by atoms with Gasteiger partial charge in [0, 0.05) is 5.75 Å². The number of aliphatic hydroxyl groups is 1. The van der Waals surface area contributed by atoms with E-state index in [1.54, 1.807) is 0 Å². The zero-order chi connectivity index (χ0) is 12.3. The third kappa shape index (κ3) is 3.15. The zero-order valence-corrected chi connectivity index (χ0v) is 11.8. The third-order valence-electron chi connectivity index (χ3n) is 3.82. The van der Waals surface area contributed by atoms with Crippen LogP contribution in [-0.2, 0) is 0 Å². The van der Waals surface area contributed by atoms with Gasteiger partial charge in [-0.1, -0.05) is 25.3 Å². The summed E-state index contributed by atoms with van der Waals surface area (Å²) in [5.41, 5.74) is 1.52. The highest BCUT2D eigenvalue weighted by atomic mass is 32.3. The van der Waals surface area contributed by atoms with Crippen LogP contribution < -0.4 is 4.72 Å². The van der Waals surface area contributed by atoms with Gasteiger partial charge in [-0.15, -0.1) is 10.2 Å². The second-order valence-corrected chi connectivity index (χ2v) is 8.27. The van der Waals surface area contributed by atoms with E-state index in [2.05, 4.69) is 21.6 Å². The highest BCUT2D eigenvalue weighted by molar-refractivity contribution is 8.37. The molecule has 0 radical (unpaired) electrons. The molecular formula is C14H25NOS. The van der Waals surface area contributed by atoms with Crippen molar-refractivity contribution >= 4 is 10.2 Å². The Balaban J connectivity index is 2.08. The molecule has 1 fully saturated rings. The Morgan fingerprint density at radius 2 is 2.12 bits per heavy atom. The summed E-state index contributed by atoms with van der Waals surface area (Å²) in [5.74, 6) is 1.62. The van der Waals surface area contributed by atoms with Crippen LogP contribution in [0.25, 0.3) is 0 Å². The number of hydrogen-bond acceptors (Lipinski definition) is 2. The van der Waals surface area contributed by atoms with E-state index in [4.69, 9.17) is 0 Å². The quantitative estimate of drug-likeness (QED) is 0.808. The number of rotatable bonds is 4. The second-order valence-electron chi connectivity index (χ2n) is 5.32. The summed E-state index contributed by atoms with van der Waals surface area (Å²) in [7, 11) is 0.977. The Morgan fingerprint density at radius 3 is 2.71 bits per heavy atom. The van der Waals surface area contributed by atoms with Crippen LogP contribution in [0.4, 0.5) is 0 Å². The highest BCUT2D eigenvalue weighted by Gasteiger charge is 2.27. The molecule has 0 aromatic carbocycles. The van der Waals surface area contributed by atoms with Gasteiger partial charge in [0.2, 0.25) is 0 Å². The first kappa shape index (κ1) is 13.2. The highest BCUT2D eigenvalue weighted by Crippen LogP contribution is 2.53. The molecule has 2 atom stereocenters. The zero-order valence-electron chi connectivity index (χ0n) is 11.0. The normalized spacial score (nSPS) is 35.4. The summed E-state index contributed by atoms with van der Waals surface area (Å²) in [4.78, 5) is 0. The van der Waals surface area contributed by atoms with Crippen molar-refractivity contribution in [3.8, 4) is 0 Å². The van der Waals surface area contributed by atoms with Crippen LogP contribution in [0.3, 0.4) is 0 Å². The second kappa shape index (κ2) is 5.59. The van der Waals surface area contributed by atoms with Crippen LogP contribution in [0.1, 0.15) is 39.0 Å². The fourth-order valence-corrected chi connectivity index (χ4v) is 5.56. The van der Waals surface area contributed by atoms with Crippen LogP contribution in [0.2, 0.25) is 0 Å². The number of nitrogens with one attached hydrogen (secondary N) is 1. The van der Waals surface area contributed by atoms with Gasteiger partial charge in [0.05, 0.1) is 6.10 Å². The van der Waals surface area contributed by atoms with Crippen LogP contribution >= 0.6 is 10.2 Å². The summed E-state index contributed by atoms with van der Waals surface area (Å²) in [6, 6.07) is 0. The van der Waals surface area contributed by atoms with Gasteiger partial charge in [0.15, 0.2) is 0 Å². The molecule has 0 spiro atoms. The van der Waals surface area contributed by atoms with Gasteiger partial charge in [0.1, 0.15) is 0 Å². The first-order chi connectivity index (χ1) is 8.15. The standard InChI is InChI=1S/C14H25NOS/c1-12(16)10-17(15-2)9-8-14(11-17)13-6-4-3-5-7-13/h8-9,11-13,15-16H,3-7,10H2,1-2H3. The Bertz CT molecular complexity index is 318. The molecule has 2 N–H and O–H groups in total. The van der Waals surface area contributed by atoms with Crippen molar-refractivity contribution in [3.63, 3.8) is 0 Å². The topological polar surface area (TPSA) is 32.3 Å². The minimum Gasteiger partial charge on any atom is -0.393 e. The Hall–Kier alpha value is -0.250. The summed E-state index contributed by atoms with van der Waals surface area (Å²) < 4.78 is 3.44. The van der Waals surface area contributed by atoms with Crippen molar-refractivity contribution in [2.75, 3.05) is 12.8 Å². The van der Waals surface area contributed by atoms with Gasteiger partial charge in [-0.25, -0.2) is 0 Å². The minimum absolute atomic E-state index is 0.232. The fourth-order valence-electron chi connectivity index (χ4n) is 2.90. The molecule has 1 aliphatic carbocycles. The maximum Gasteiger partial charge on any atom is 0.0605 e. The van der Waals surface area contributed by atoms with E-state index in [0.717, 1.165) is 11.7 Å². The van der Waals surface area contributed by atoms with Crippen LogP contribution in [-0.4, -0.2) is 24.0 Å². The van der Waals surface area contributed by atoms with Crippen LogP contribution in [0.5, 0.6) is 0 Å². The lowest BCUT2D eigenvalue weighted by Gasteiger charge is -2.33. The number of hydrogen-bond donors (Lipinski definition) is 2. The van der Waals surface area contributed by atoms with E-state index in [1.807, 2.05) is 14.0 Å². The molecule has 1 saturated carbocycles. The summed E-state index contributed by atoms with van der Waals surface area (Å²) in [5, 5.41) is 14.4. The average Bonchev–Trinajstić information content (AvgIpc) is 2.74. The number of allylic oxidation sites excluding steroid dienone is 2. The molecule has 3 heteroatoms. The maximum atomic E-state index is 9.62. The largest absolute Gasteiger partial charge is 0.393 e. The molecule has 2 unspecified atom stereocenters. The van der Waals surface area contributed by atoms with Crippen molar-refractivity contribution in [2.45, 2.75) is 45.1 Å². The molecule has 0 saturated heterocycles. The lowest BCUT2D eigenvalue weighted by Crippen LogP contribution is -2.21. The molecule has 0 aromatic rings. The van der Waals surface area contributed by atoms with E-state index >= 15 is 0 Å². The van der Waals surface area contributed by atoms with Crippen molar-refractivity contribution < 1.29 is 5.11 Å². The molecular weight excluding hydrogens is 230 g/mol. The molecule has 1 heterocycles. The van der Waals surface area contributed by atoms with Crippen molar-refractivity contribution in [2.24, 2.45) is 5.92 Å². The van der Waals surface area contributed by atoms with E-state index in [1.165, 1.54) is 37.7 Å². The van der Waals surface area contributed by atoms with E-state index in [9.17, 15) is 5.11 Å². The molecule has 17 heavy (non-hydrogen) atoms. The molecule has 0 bridgehead atoms.